The van der Waals surface area contributed by atoms with Gasteiger partial charge in [-0.15, -0.1) is 0 Å². The largest absolute Gasteiger partial charge is 0.434 e. The number of ether oxygens (including phenoxy) is 1. The first kappa shape index (κ1) is 11.9. The summed E-state index contributed by atoms with van der Waals surface area (Å²) in [5.74, 6) is 0.169. The smallest absolute Gasteiger partial charge is 0.387 e. The summed E-state index contributed by atoms with van der Waals surface area (Å²) in [7, 11) is 0. The Hall–Kier alpha value is -0.160. The van der Waals surface area contributed by atoms with Gasteiger partial charge in [0.15, 0.2) is 0 Å². The molecule has 0 spiro atoms. The fourth-order valence-corrected chi connectivity index (χ4v) is 2.12. The summed E-state index contributed by atoms with van der Waals surface area (Å²) in [6.07, 6.45) is 0. The van der Waals surface area contributed by atoms with Gasteiger partial charge >= 0.3 is 6.61 Å². The zero-order valence-electron chi connectivity index (χ0n) is 7.36. The third-order valence-corrected chi connectivity index (χ3v) is 3.41. The molecule has 0 amide bonds. The van der Waals surface area contributed by atoms with Gasteiger partial charge in [-0.2, -0.15) is 8.78 Å². The van der Waals surface area contributed by atoms with Gasteiger partial charge in [0.05, 0.1) is 4.47 Å². The van der Waals surface area contributed by atoms with E-state index in [1.54, 1.807) is 6.07 Å². The van der Waals surface area contributed by atoms with Crippen LogP contribution in [0.1, 0.15) is 11.1 Å². The molecule has 0 fully saturated rings. The van der Waals surface area contributed by atoms with E-state index in [-0.39, 0.29) is 5.75 Å². The molecule has 0 saturated heterocycles. The number of hydrogen-bond acceptors (Lipinski definition) is 1. The van der Waals surface area contributed by atoms with Crippen molar-refractivity contribution in [2.75, 3.05) is 0 Å². The molecule has 1 rings (SSSR count). The minimum Gasteiger partial charge on any atom is -0.434 e. The lowest BCUT2D eigenvalue weighted by molar-refractivity contribution is -0.0503. The molecule has 0 aromatic heterocycles. The Bertz CT molecular complexity index is 329. The van der Waals surface area contributed by atoms with Crippen LogP contribution in [0.2, 0.25) is 0 Å². The van der Waals surface area contributed by atoms with Crippen molar-refractivity contribution in [3.8, 4) is 5.75 Å². The van der Waals surface area contributed by atoms with E-state index in [0.29, 0.717) is 9.80 Å². The highest BCUT2D eigenvalue weighted by atomic mass is 79.9. The van der Waals surface area contributed by atoms with Crippen LogP contribution in [-0.4, -0.2) is 6.61 Å². The van der Waals surface area contributed by atoms with Gasteiger partial charge in [-0.05, 0) is 40.0 Å². The number of benzene rings is 1. The van der Waals surface area contributed by atoms with Crippen LogP contribution in [0.4, 0.5) is 8.78 Å². The number of rotatable bonds is 3. The Morgan fingerprint density at radius 1 is 1.43 bits per heavy atom. The normalized spacial score (nSPS) is 10.7. The van der Waals surface area contributed by atoms with E-state index in [1.165, 1.54) is 6.07 Å². The zero-order chi connectivity index (χ0) is 10.7. The number of hydrogen-bond donors (Lipinski definition) is 0. The lowest BCUT2D eigenvalue weighted by Gasteiger charge is -2.11. The maximum Gasteiger partial charge on any atom is 0.387 e. The SMILES string of the molecule is Cc1c(CBr)ccc(OC(F)F)c1Br. The molecule has 0 saturated carbocycles. The van der Waals surface area contributed by atoms with Crippen LogP contribution in [0.15, 0.2) is 16.6 Å². The maximum absolute atomic E-state index is 12.0. The van der Waals surface area contributed by atoms with Gasteiger partial charge in [-0.1, -0.05) is 22.0 Å². The second-order valence-corrected chi connectivity index (χ2v) is 4.03. The van der Waals surface area contributed by atoms with Crippen molar-refractivity contribution >= 4 is 31.9 Å². The van der Waals surface area contributed by atoms with E-state index in [4.69, 9.17) is 0 Å². The van der Waals surface area contributed by atoms with Gasteiger partial charge in [-0.3, -0.25) is 0 Å². The average molecular weight is 330 g/mol. The Kier molecular flexibility index (Phi) is 4.31. The van der Waals surface area contributed by atoms with Crippen molar-refractivity contribution in [2.45, 2.75) is 18.9 Å². The Morgan fingerprint density at radius 2 is 2.07 bits per heavy atom. The van der Waals surface area contributed by atoms with E-state index < -0.39 is 6.61 Å². The fourth-order valence-electron chi connectivity index (χ4n) is 1.03. The van der Waals surface area contributed by atoms with Gasteiger partial charge in [0, 0.05) is 5.33 Å². The highest BCUT2D eigenvalue weighted by molar-refractivity contribution is 9.10. The minimum atomic E-state index is -2.79. The van der Waals surface area contributed by atoms with Crippen LogP contribution < -0.4 is 4.74 Å². The summed E-state index contributed by atoms with van der Waals surface area (Å²) in [5.41, 5.74) is 1.94. The Balaban J connectivity index is 3.04. The molecule has 5 heteroatoms. The molecular weight excluding hydrogens is 322 g/mol. The molecule has 0 aliphatic carbocycles. The van der Waals surface area contributed by atoms with E-state index in [9.17, 15) is 8.78 Å². The summed E-state index contributed by atoms with van der Waals surface area (Å²) in [6.45, 7) is -0.945. The third kappa shape index (κ3) is 2.67. The van der Waals surface area contributed by atoms with Gasteiger partial charge in [0.25, 0.3) is 0 Å². The average Bonchev–Trinajstić information content (AvgIpc) is 2.13. The van der Waals surface area contributed by atoms with Gasteiger partial charge < -0.3 is 4.74 Å². The summed E-state index contributed by atoms with van der Waals surface area (Å²) in [5, 5.41) is 0.687. The van der Waals surface area contributed by atoms with E-state index in [0.717, 1.165) is 11.1 Å². The predicted octanol–water partition coefficient (Wildman–Crippen LogP) is 4.25. The topological polar surface area (TPSA) is 9.23 Å². The lowest BCUT2D eigenvalue weighted by atomic mass is 10.1. The van der Waals surface area contributed by atoms with Crippen LogP contribution in [-0.2, 0) is 5.33 Å². The molecule has 1 aromatic rings. The second-order valence-electron chi connectivity index (χ2n) is 2.67. The Morgan fingerprint density at radius 3 is 2.57 bits per heavy atom. The van der Waals surface area contributed by atoms with E-state index in [1.807, 2.05) is 6.92 Å². The zero-order valence-corrected chi connectivity index (χ0v) is 10.5. The minimum absolute atomic E-state index is 0.169. The number of halogens is 4. The molecular formula is C9H8Br2F2O. The summed E-state index contributed by atoms with van der Waals surface area (Å²) >= 11 is 6.53. The van der Waals surface area contributed by atoms with E-state index >= 15 is 0 Å². The van der Waals surface area contributed by atoms with Crippen molar-refractivity contribution < 1.29 is 13.5 Å². The predicted molar refractivity (Wildman–Crippen MR) is 58.1 cm³/mol. The van der Waals surface area contributed by atoms with Crippen LogP contribution in [0.5, 0.6) is 5.75 Å². The van der Waals surface area contributed by atoms with Crippen LogP contribution >= 0.6 is 31.9 Å². The fraction of sp³-hybridized carbons (Fsp3) is 0.333. The highest BCUT2D eigenvalue weighted by Crippen LogP contribution is 2.32. The third-order valence-electron chi connectivity index (χ3n) is 1.82. The summed E-state index contributed by atoms with van der Waals surface area (Å²) in [6, 6.07) is 3.28. The van der Waals surface area contributed by atoms with Gasteiger partial charge in [-0.25, -0.2) is 0 Å². The van der Waals surface area contributed by atoms with Crippen LogP contribution in [0, 0.1) is 6.92 Å². The first-order chi connectivity index (χ1) is 6.56. The second kappa shape index (κ2) is 5.07. The summed E-state index contributed by atoms with van der Waals surface area (Å²) < 4.78 is 28.8. The first-order valence-electron chi connectivity index (χ1n) is 3.85. The lowest BCUT2D eigenvalue weighted by Crippen LogP contribution is -2.03. The number of alkyl halides is 3. The quantitative estimate of drug-likeness (QED) is 0.753. The molecule has 0 unspecified atom stereocenters. The summed E-state index contributed by atoms with van der Waals surface area (Å²) in [4.78, 5) is 0. The van der Waals surface area contributed by atoms with Gasteiger partial charge in [0.2, 0.25) is 0 Å². The molecule has 0 aliphatic heterocycles. The molecule has 0 bridgehead atoms. The molecule has 0 radical (unpaired) electrons. The highest BCUT2D eigenvalue weighted by Gasteiger charge is 2.11. The van der Waals surface area contributed by atoms with Crippen LogP contribution in [0.25, 0.3) is 0 Å². The van der Waals surface area contributed by atoms with Crippen LogP contribution in [0.3, 0.4) is 0 Å². The maximum atomic E-state index is 12.0. The Labute approximate surface area is 97.7 Å². The molecule has 0 heterocycles. The first-order valence-corrected chi connectivity index (χ1v) is 5.76. The van der Waals surface area contributed by atoms with Crippen molar-refractivity contribution in [3.63, 3.8) is 0 Å². The van der Waals surface area contributed by atoms with Crippen molar-refractivity contribution in [1.29, 1.82) is 0 Å². The molecule has 78 valence electrons. The van der Waals surface area contributed by atoms with Crippen molar-refractivity contribution in [2.24, 2.45) is 0 Å². The van der Waals surface area contributed by atoms with Gasteiger partial charge in [0.1, 0.15) is 5.75 Å². The van der Waals surface area contributed by atoms with Crippen molar-refractivity contribution in [3.05, 3.63) is 27.7 Å². The van der Waals surface area contributed by atoms with E-state index in [2.05, 4.69) is 36.6 Å². The molecule has 0 aliphatic rings. The molecule has 1 nitrogen and oxygen atoms in total. The molecule has 0 atom stereocenters. The molecule has 0 N–H and O–H groups in total. The van der Waals surface area contributed by atoms with Crippen molar-refractivity contribution in [1.82, 2.24) is 0 Å². The standard InChI is InChI=1S/C9H8Br2F2O/c1-5-6(4-10)2-3-7(8(5)11)14-9(12)13/h2-3,9H,4H2,1H3. The monoisotopic (exact) mass is 328 g/mol. The molecule has 14 heavy (non-hydrogen) atoms. The molecule has 1 aromatic carbocycles.